The first-order valence-electron chi connectivity index (χ1n) is 5.76. The molecule has 2 aromatic rings. The van der Waals surface area contributed by atoms with Crippen molar-refractivity contribution in [1.29, 1.82) is 0 Å². The average Bonchev–Trinajstić information content (AvgIpc) is 2.57. The molecule has 0 saturated carbocycles. The van der Waals surface area contributed by atoms with E-state index in [2.05, 4.69) is 5.10 Å². The van der Waals surface area contributed by atoms with Gasteiger partial charge in [-0.2, -0.15) is 5.10 Å². The summed E-state index contributed by atoms with van der Waals surface area (Å²) in [5.74, 6) is -0.470. The molecule has 0 radical (unpaired) electrons. The van der Waals surface area contributed by atoms with Gasteiger partial charge in [0.1, 0.15) is 0 Å². The van der Waals surface area contributed by atoms with Crippen molar-refractivity contribution < 1.29 is 10.6 Å². The lowest BCUT2D eigenvalue weighted by Crippen LogP contribution is -1.94. The van der Waals surface area contributed by atoms with Crippen molar-refractivity contribution in [3.63, 3.8) is 0 Å². The van der Waals surface area contributed by atoms with Crippen LogP contribution >= 0.6 is 0 Å². The average molecular weight is 178 g/mol. The van der Waals surface area contributed by atoms with Crippen molar-refractivity contribution in [2.75, 3.05) is 0 Å². The molecule has 0 amide bonds. The van der Waals surface area contributed by atoms with Crippen molar-refractivity contribution in [3.05, 3.63) is 42.1 Å². The number of benzene rings is 1. The lowest BCUT2D eigenvalue weighted by Gasteiger charge is -2.00. The molecule has 66 valence electrons. The predicted molar refractivity (Wildman–Crippen MR) is 50.0 cm³/mol. The Hall–Kier alpha value is -1.77. The Morgan fingerprint density at radius 3 is 2.85 bits per heavy atom. The van der Waals surface area contributed by atoms with Gasteiger partial charge in [0.2, 0.25) is 5.88 Å². The molecule has 0 saturated heterocycles. The van der Waals surface area contributed by atoms with Crippen molar-refractivity contribution in [3.8, 4) is 11.6 Å². The largest absolute Gasteiger partial charge is 0.493 e. The van der Waals surface area contributed by atoms with Crippen LogP contribution in [0.2, 0.25) is 0 Å². The Morgan fingerprint density at radius 1 is 1.46 bits per heavy atom. The summed E-state index contributed by atoms with van der Waals surface area (Å²) in [6.45, 7) is -2.51. The summed E-state index contributed by atoms with van der Waals surface area (Å²) < 4.78 is 30.2. The van der Waals surface area contributed by atoms with Gasteiger partial charge in [0, 0.05) is 10.2 Å². The molecule has 1 aromatic heterocycles. The second-order valence-electron chi connectivity index (χ2n) is 2.54. The third-order valence-corrected chi connectivity index (χ3v) is 1.63. The minimum Gasteiger partial charge on any atom is -0.493 e. The van der Waals surface area contributed by atoms with Crippen LogP contribution in [0, 0.1) is 6.85 Å². The fourth-order valence-electron chi connectivity index (χ4n) is 1.08. The quantitative estimate of drug-likeness (QED) is 0.724. The van der Waals surface area contributed by atoms with Gasteiger partial charge in [-0.1, -0.05) is 18.2 Å². The Morgan fingerprint density at radius 2 is 2.23 bits per heavy atom. The van der Waals surface area contributed by atoms with Crippen LogP contribution < -0.4 is 0 Å². The van der Waals surface area contributed by atoms with Crippen molar-refractivity contribution >= 4 is 0 Å². The van der Waals surface area contributed by atoms with E-state index in [0.717, 1.165) is 4.68 Å². The number of aryl methyl sites for hydroxylation is 1. The van der Waals surface area contributed by atoms with Crippen molar-refractivity contribution in [2.24, 2.45) is 0 Å². The number of aromatic hydroxyl groups is 1. The molecule has 13 heavy (non-hydrogen) atoms. The van der Waals surface area contributed by atoms with E-state index in [9.17, 15) is 5.11 Å². The molecule has 2 rings (SSSR count). The maximum absolute atomic E-state index is 9.70. The van der Waals surface area contributed by atoms with Gasteiger partial charge in [0.15, 0.2) is 0 Å². The first-order chi connectivity index (χ1) is 7.91. The maximum atomic E-state index is 9.70. The van der Waals surface area contributed by atoms with Gasteiger partial charge in [0.25, 0.3) is 0 Å². The van der Waals surface area contributed by atoms with E-state index in [0.29, 0.717) is 5.69 Å². The van der Waals surface area contributed by atoms with E-state index in [1.165, 1.54) is 0 Å². The molecule has 0 unspecified atom stereocenters. The highest BCUT2D eigenvalue weighted by atomic mass is 16.3. The Kier molecular flexibility index (Phi) is 1.01. The van der Waals surface area contributed by atoms with Crippen LogP contribution in [0.4, 0.5) is 0 Å². The molecule has 0 fully saturated rings. The molecule has 0 bridgehead atoms. The van der Waals surface area contributed by atoms with E-state index >= 15 is 0 Å². The van der Waals surface area contributed by atoms with Gasteiger partial charge in [-0.15, -0.1) is 0 Å². The molecule has 0 aliphatic heterocycles. The Balaban J connectivity index is 2.59. The third kappa shape index (κ3) is 1.40. The number of rotatable bonds is 1. The zero-order valence-electron chi connectivity index (χ0n) is 10.7. The second-order valence-corrected chi connectivity index (χ2v) is 2.54. The fourth-order valence-corrected chi connectivity index (χ4v) is 1.08. The minimum absolute atomic E-state index is 0.404. The van der Waals surface area contributed by atoms with E-state index in [-0.39, 0.29) is 0 Å². The van der Waals surface area contributed by atoms with E-state index in [1.54, 1.807) is 30.3 Å². The molecule has 3 nitrogen and oxygen atoms in total. The molecule has 1 heterocycles. The molecule has 0 atom stereocenters. The van der Waals surface area contributed by atoms with Crippen LogP contribution in [-0.4, -0.2) is 14.9 Å². The standard InChI is InChI=1S/C10H10N2O/c1-8-7-10(13)12(11-8)9-5-3-2-4-6-9/h2-7,13H,1H3/i1D3,7D. The van der Waals surface area contributed by atoms with Crippen molar-refractivity contribution in [2.45, 2.75) is 6.85 Å². The molecule has 1 N–H and O–H groups in total. The van der Waals surface area contributed by atoms with Gasteiger partial charge in [-0.05, 0) is 19.0 Å². The lowest BCUT2D eigenvalue weighted by atomic mass is 10.3. The molecule has 0 aliphatic rings. The van der Waals surface area contributed by atoms with E-state index in [4.69, 9.17) is 5.48 Å². The molecule has 1 aromatic carbocycles. The summed E-state index contributed by atoms with van der Waals surface area (Å²) in [5, 5.41) is 13.5. The molecular weight excluding hydrogens is 164 g/mol. The van der Waals surface area contributed by atoms with Gasteiger partial charge < -0.3 is 5.11 Å². The molecule has 0 aliphatic carbocycles. The summed E-state index contributed by atoms with van der Waals surface area (Å²) >= 11 is 0. The second kappa shape index (κ2) is 2.94. The van der Waals surface area contributed by atoms with Crippen LogP contribution in [0.25, 0.3) is 5.69 Å². The normalized spacial score (nSPS) is 15.7. The molecule has 0 spiro atoms. The fraction of sp³-hybridized carbons (Fsp3) is 0.100. The van der Waals surface area contributed by atoms with Crippen LogP contribution in [0.3, 0.4) is 0 Å². The number of hydrogen-bond acceptors (Lipinski definition) is 2. The molecule has 3 heteroatoms. The van der Waals surface area contributed by atoms with E-state index in [1.807, 2.05) is 0 Å². The highest BCUT2D eigenvalue weighted by Gasteiger charge is 2.03. The topological polar surface area (TPSA) is 38.0 Å². The smallest absolute Gasteiger partial charge is 0.214 e. The number of nitrogens with zero attached hydrogens (tertiary/aromatic N) is 2. The van der Waals surface area contributed by atoms with Gasteiger partial charge >= 0.3 is 0 Å². The summed E-state index contributed by atoms with van der Waals surface area (Å²) in [5.41, 5.74) is 0.104. The zero-order chi connectivity index (χ0) is 12.6. The van der Waals surface area contributed by atoms with Gasteiger partial charge in [-0.25, -0.2) is 4.68 Å². The summed E-state index contributed by atoms with van der Waals surface area (Å²) in [6.07, 6.45) is 0. The summed E-state index contributed by atoms with van der Waals surface area (Å²) in [6, 6.07) is 8.11. The number of aromatic nitrogens is 2. The number of para-hydroxylation sites is 1. The zero-order valence-corrected chi connectivity index (χ0v) is 6.73. The van der Waals surface area contributed by atoms with Crippen LogP contribution in [0.5, 0.6) is 5.88 Å². The minimum atomic E-state index is -2.51. The summed E-state index contributed by atoms with van der Waals surface area (Å²) in [4.78, 5) is 0. The van der Waals surface area contributed by atoms with Crippen molar-refractivity contribution in [1.82, 2.24) is 9.78 Å². The lowest BCUT2D eigenvalue weighted by molar-refractivity contribution is 0.433. The third-order valence-electron chi connectivity index (χ3n) is 1.63. The SMILES string of the molecule is [2H]c1c(C([2H])([2H])[2H])nn(-c2ccccc2)c1O. The predicted octanol–water partition coefficient (Wildman–Crippen LogP) is 1.89. The van der Waals surface area contributed by atoms with Crippen LogP contribution in [0.15, 0.2) is 36.4 Å². The Bertz CT molecular complexity index is 533. The van der Waals surface area contributed by atoms with E-state index < -0.39 is 24.5 Å². The first kappa shape index (κ1) is 4.46. The number of hydrogen-bond donors (Lipinski definition) is 1. The van der Waals surface area contributed by atoms with Crippen LogP contribution in [-0.2, 0) is 0 Å². The highest BCUT2D eigenvalue weighted by Crippen LogP contribution is 2.16. The van der Waals surface area contributed by atoms with Gasteiger partial charge in [-0.3, -0.25) is 0 Å². The van der Waals surface area contributed by atoms with Gasteiger partial charge in [0.05, 0.1) is 12.8 Å². The summed E-state index contributed by atoms with van der Waals surface area (Å²) in [7, 11) is 0. The highest BCUT2D eigenvalue weighted by molar-refractivity contribution is 5.34. The molecular formula is C10H10N2O. The van der Waals surface area contributed by atoms with Crippen LogP contribution in [0.1, 0.15) is 11.2 Å². The Labute approximate surface area is 81.9 Å². The maximum Gasteiger partial charge on any atom is 0.214 e. The monoisotopic (exact) mass is 178 g/mol. The first-order valence-corrected chi connectivity index (χ1v) is 3.76.